The lowest BCUT2D eigenvalue weighted by atomic mass is 10.0. The van der Waals surface area contributed by atoms with Crippen molar-refractivity contribution in [3.05, 3.63) is 24.3 Å². The van der Waals surface area contributed by atoms with Crippen molar-refractivity contribution in [2.24, 2.45) is 5.73 Å². The molecule has 4 heteroatoms. The summed E-state index contributed by atoms with van der Waals surface area (Å²) in [6.07, 6.45) is 0. The zero-order valence-electron chi connectivity index (χ0n) is 10.6. The standard InChI is InChI=1S/C13H21N3O/c1-13(17,9-14)10-16-8-7-15(2)11-5-3-4-6-12(11)16/h3-6,17H,7-10,14H2,1-2H3. The molecule has 1 aromatic rings. The minimum atomic E-state index is -0.830. The summed E-state index contributed by atoms with van der Waals surface area (Å²) < 4.78 is 0. The molecule has 0 aliphatic carbocycles. The highest BCUT2D eigenvalue weighted by Crippen LogP contribution is 2.32. The first-order valence-corrected chi connectivity index (χ1v) is 6.01. The van der Waals surface area contributed by atoms with Crippen molar-refractivity contribution < 1.29 is 5.11 Å². The first-order valence-electron chi connectivity index (χ1n) is 6.01. The van der Waals surface area contributed by atoms with Crippen molar-refractivity contribution in [1.29, 1.82) is 0 Å². The summed E-state index contributed by atoms with van der Waals surface area (Å²) in [7, 11) is 2.09. The average Bonchev–Trinajstić information content (AvgIpc) is 2.33. The van der Waals surface area contributed by atoms with Crippen molar-refractivity contribution in [2.45, 2.75) is 12.5 Å². The smallest absolute Gasteiger partial charge is 0.0915 e. The Morgan fingerprint density at radius 3 is 2.59 bits per heavy atom. The lowest BCUT2D eigenvalue weighted by Crippen LogP contribution is -2.50. The van der Waals surface area contributed by atoms with Gasteiger partial charge in [0.05, 0.1) is 17.0 Å². The molecular weight excluding hydrogens is 214 g/mol. The molecule has 0 saturated heterocycles. The Balaban J connectivity index is 2.24. The van der Waals surface area contributed by atoms with Crippen LogP contribution in [0.3, 0.4) is 0 Å². The second kappa shape index (κ2) is 4.55. The van der Waals surface area contributed by atoms with Gasteiger partial charge in [-0.1, -0.05) is 12.1 Å². The molecule has 3 N–H and O–H groups in total. The minimum Gasteiger partial charge on any atom is -0.387 e. The predicted molar refractivity (Wildman–Crippen MR) is 71.6 cm³/mol. The molecule has 0 amide bonds. The Hall–Kier alpha value is -1.26. The fourth-order valence-electron chi connectivity index (χ4n) is 2.21. The van der Waals surface area contributed by atoms with Crippen LogP contribution in [0.4, 0.5) is 11.4 Å². The number of fused-ring (bicyclic) bond motifs is 1. The summed E-state index contributed by atoms with van der Waals surface area (Å²) in [5, 5.41) is 10.1. The van der Waals surface area contributed by atoms with E-state index in [1.54, 1.807) is 6.92 Å². The van der Waals surface area contributed by atoms with Crippen LogP contribution in [0, 0.1) is 0 Å². The Morgan fingerprint density at radius 1 is 1.29 bits per heavy atom. The van der Waals surface area contributed by atoms with Gasteiger partial charge in [0.25, 0.3) is 0 Å². The lowest BCUT2D eigenvalue weighted by Gasteiger charge is -2.40. The van der Waals surface area contributed by atoms with Gasteiger partial charge < -0.3 is 20.6 Å². The van der Waals surface area contributed by atoms with Gasteiger partial charge in [-0.2, -0.15) is 0 Å². The van der Waals surface area contributed by atoms with Crippen LogP contribution in [0.25, 0.3) is 0 Å². The number of para-hydroxylation sites is 2. The second-order valence-corrected chi connectivity index (χ2v) is 5.03. The summed E-state index contributed by atoms with van der Waals surface area (Å²) in [6.45, 7) is 4.53. The molecule has 1 atom stereocenters. The Bertz CT molecular complexity index is 392. The number of benzene rings is 1. The largest absolute Gasteiger partial charge is 0.387 e. The van der Waals surface area contributed by atoms with Gasteiger partial charge in [0.15, 0.2) is 0 Å². The van der Waals surface area contributed by atoms with Gasteiger partial charge in [-0.25, -0.2) is 0 Å². The molecule has 1 aliphatic heterocycles. The van der Waals surface area contributed by atoms with Gasteiger partial charge in [-0.15, -0.1) is 0 Å². The van der Waals surface area contributed by atoms with E-state index in [4.69, 9.17) is 5.73 Å². The van der Waals surface area contributed by atoms with Crippen LogP contribution < -0.4 is 15.5 Å². The topological polar surface area (TPSA) is 52.7 Å². The molecule has 0 fully saturated rings. The molecular formula is C13H21N3O. The van der Waals surface area contributed by atoms with Gasteiger partial charge in [0.1, 0.15) is 0 Å². The molecule has 0 radical (unpaired) electrons. The molecule has 0 spiro atoms. The van der Waals surface area contributed by atoms with Crippen molar-refractivity contribution >= 4 is 11.4 Å². The fraction of sp³-hybridized carbons (Fsp3) is 0.538. The first kappa shape index (κ1) is 12.2. The number of hydrogen-bond acceptors (Lipinski definition) is 4. The van der Waals surface area contributed by atoms with Crippen LogP contribution in [0.2, 0.25) is 0 Å². The van der Waals surface area contributed by atoms with Crippen LogP contribution in [0.1, 0.15) is 6.92 Å². The van der Waals surface area contributed by atoms with Crippen LogP contribution in [0.5, 0.6) is 0 Å². The number of nitrogens with zero attached hydrogens (tertiary/aromatic N) is 2. The number of aliphatic hydroxyl groups is 1. The lowest BCUT2D eigenvalue weighted by molar-refractivity contribution is 0.0760. The Morgan fingerprint density at radius 2 is 1.94 bits per heavy atom. The van der Waals surface area contributed by atoms with Gasteiger partial charge >= 0.3 is 0 Å². The van der Waals surface area contributed by atoms with E-state index >= 15 is 0 Å². The molecule has 1 unspecified atom stereocenters. The molecule has 17 heavy (non-hydrogen) atoms. The van der Waals surface area contributed by atoms with Gasteiger partial charge in [0.2, 0.25) is 0 Å². The zero-order valence-corrected chi connectivity index (χ0v) is 10.6. The average molecular weight is 235 g/mol. The Labute approximate surface area is 103 Å². The van der Waals surface area contributed by atoms with E-state index in [0.29, 0.717) is 6.54 Å². The summed E-state index contributed by atoms with van der Waals surface area (Å²) >= 11 is 0. The van der Waals surface area contributed by atoms with Crippen molar-refractivity contribution in [1.82, 2.24) is 0 Å². The second-order valence-electron chi connectivity index (χ2n) is 5.03. The monoisotopic (exact) mass is 235 g/mol. The number of nitrogens with two attached hydrogens (primary N) is 1. The van der Waals surface area contributed by atoms with Crippen LogP contribution >= 0.6 is 0 Å². The van der Waals surface area contributed by atoms with E-state index < -0.39 is 5.60 Å². The molecule has 0 saturated carbocycles. The molecule has 0 aromatic heterocycles. The highest BCUT2D eigenvalue weighted by atomic mass is 16.3. The summed E-state index contributed by atoms with van der Waals surface area (Å²) in [5.41, 5.74) is 7.14. The first-order chi connectivity index (χ1) is 8.03. The minimum absolute atomic E-state index is 0.279. The van der Waals surface area contributed by atoms with Gasteiger partial charge in [-0.05, 0) is 19.1 Å². The van der Waals surface area contributed by atoms with Gasteiger partial charge in [0, 0.05) is 33.2 Å². The summed E-state index contributed by atoms with van der Waals surface area (Å²) in [6, 6.07) is 8.28. The number of β-amino-alcohol motifs (C(OH)–C–C–N with tert-alkyl or cyclic N) is 1. The third-order valence-electron chi connectivity index (χ3n) is 3.31. The van der Waals surface area contributed by atoms with E-state index in [9.17, 15) is 5.11 Å². The maximum atomic E-state index is 10.1. The normalized spacial score (nSPS) is 18.8. The number of anilines is 2. The third-order valence-corrected chi connectivity index (χ3v) is 3.31. The highest BCUT2D eigenvalue weighted by Gasteiger charge is 2.26. The van der Waals surface area contributed by atoms with Crippen LogP contribution in [-0.4, -0.2) is 43.9 Å². The number of rotatable bonds is 3. The molecule has 1 aliphatic rings. The molecule has 1 heterocycles. The zero-order chi connectivity index (χ0) is 12.5. The van der Waals surface area contributed by atoms with Crippen LogP contribution in [-0.2, 0) is 0 Å². The van der Waals surface area contributed by atoms with Crippen molar-refractivity contribution in [2.75, 3.05) is 43.0 Å². The van der Waals surface area contributed by atoms with Gasteiger partial charge in [-0.3, -0.25) is 0 Å². The predicted octanol–water partition coefficient (Wildman–Crippen LogP) is 0.653. The fourth-order valence-corrected chi connectivity index (χ4v) is 2.21. The summed E-state index contributed by atoms with van der Waals surface area (Å²) in [4.78, 5) is 4.45. The van der Waals surface area contributed by atoms with E-state index in [-0.39, 0.29) is 6.54 Å². The molecule has 94 valence electrons. The van der Waals surface area contributed by atoms with E-state index in [1.807, 2.05) is 12.1 Å². The number of likely N-dealkylation sites (N-methyl/N-ethyl adjacent to an activating group) is 1. The summed E-state index contributed by atoms with van der Waals surface area (Å²) in [5.74, 6) is 0. The SMILES string of the molecule is CN1CCN(CC(C)(O)CN)c2ccccc21. The van der Waals surface area contributed by atoms with Crippen LogP contribution in [0.15, 0.2) is 24.3 Å². The Kier molecular flexibility index (Phi) is 3.26. The van der Waals surface area contributed by atoms with Crippen molar-refractivity contribution in [3.63, 3.8) is 0 Å². The molecule has 4 nitrogen and oxygen atoms in total. The maximum absolute atomic E-state index is 10.1. The number of hydrogen-bond donors (Lipinski definition) is 2. The van der Waals surface area contributed by atoms with E-state index in [1.165, 1.54) is 11.4 Å². The maximum Gasteiger partial charge on any atom is 0.0915 e. The quantitative estimate of drug-likeness (QED) is 0.808. The molecule has 2 rings (SSSR count). The van der Waals surface area contributed by atoms with Crippen molar-refractivity contribution in [3.8, 4) is 0 Å². The van der Waals surface area contributed by atoms with E-state index in [0.717, 1.165) is 13.1 Å². The highest BCUT2D eigenvalue weighted by molar-refractivity contribution is 5.73. The molecule has 1 aromatic carbocycles. The molecule has 0 bridgehead atoms. The third kappa shape index (κ3) is 2.53. The van der Waals surface area contributed by atoms with E-state index in [2.05, 4.69) is 29.0 Å².